The summed E-state index contributed by atoms with van der Waals surface area (Å²) < 4.78 is 0. The summed E-state index contributed by atoms with van der Waals surface area (Å²) in [5, 5.41) is 16.6. The van der Waals surface area contributed by atoms with E-state index in [1.165, 1.54) is 73.6 Å². The number of likely N-dealkylation sites (N-methyl/N-ethyl adjacent to an activating group) is 5. The van der Waals surface area contributed by atoms with Gasteiger partial charge in [0, 0.05) is 54.7 Å². The number of benzene rings is 1. The third kappa shape index (κ3) is 14.5. The lowest BCUT2D eigenvalue weighted by atomic mass is 9.96. The van der Waals surface area contributed by atoms with Crippen molar-refractivity contribution in [3.8, 4) is 0 Å². The van der Waals surface area contributed by atoms with Gasteiger partial charge in [-0.2, -0.15) is 0 Å². The molecule has 2 fully saturated rings. The molecule has 8 amide bonds. The van der Waals surface area contributed by atoms with Gasteiger partial charge in [0.1, 0.15) is 42.3 Å². The Labute approximate surface area is 386 Å². The van der Waals surface area contributed by atoms with Gasteiger partial charge in [0.25, 0.3) is 0 Å². The molecule has 1 aromatic carbocycles. The minimum atomic E-state index is -1.54. The SMILES string of the molecule is CC(C)C[C@H]1C(=O)N(C)[C@@H](CC(C)C)C(=O)N[C@H](C(=O)N2CCCCC2)CC(=O)N(C)[C@@H](C)C(=O)N(C)[C@@H](Cc2ccccc2)C(=O)N(C)[C@@H](CC(C)C)C(=O)N[C@@H]([C@@H](C)O)C(=O)N1C. The van der Waals surface area contributed by atoms with Crippen molar-refractivity contribution < 1.29 is 43.5 Å². The van der Waals surface area contributed by atoms with E-state index >= 15 is 0 Å². The van der Waals surface area contributed by atoms with Crippen LogP contribution in [0.1, 0.15) is 106 Å². The molecule has 17 nitrogen and oxygen atoms in total. The van der Waals surface area contributed by atoms with Crippen LogP contribution >= 0.6 is 0 Å². The van der Waals surface area contributed by atoms with Gasteiger partial charge in [0.2, 0.25) is 47.3 Å². The van der Waals surface area contributed by atoms with Gasteiger partial charge >= 0.3 is 0 Å². The molecule has 0 spiro atoms. The Hall–Kier alpha value is -5.06. The lowest BCUT2D eigenvalue weighted by molar-refractivity contribution is -0.153. The smallest absolute Gasteiger partial charge is 0.248 e. The number of hydrogen-bond acceptors (Lipinski definition) is 9. The lowest BCUT2D eigenvalue weighted by Crippen LogP contribution is -2.63. The fraction of sp³-hybridized carbons (Fsp3) is 0.708. The predicted molar refractivity (Wildman–Crippen MR) is 248 cm³/mol. The number of nitrogens with zero attached hydrogens (tertiary/aromatic N) is 6. The van der Waals surface area contributed by atoms with Gasteiger partial charge in [-0.05, 0) is 75.7 Å². The summed E-state index contributed by atoms with van der Waals surface area (Å²) in [5.74, 6) is -5.32. The summed E-state index contributed by atoms with van der Waals surface area (Å²) >= 11 is 0. The van der Waals surface area contributed by atoms with E-state index in [4.69, 9.17) is 0 Å². The minimum absolute atomic E-state index is 0.0575. The minimum Gasteiger partial charge on any atom is -0.391 e. The average Bonchev–Trinajstić information content (AvgIpc) is 3.27. The molecule has 0 saturated carbocycles. The number of carbonyl (C=O) groups is 8. The number of aliphatic hydroxyl groups is 1. The number of nitrogens with one attached hydrogen (secondary N) is 2. The molecule has 2 saturated heterocycles. The molecule has 1 aromatic rings. The van der Waals surface area contributed by atoms with E-state index in [9.17, 15) is 43.5 Å². The van der Waals surface area contributed by atoms with Gasteiger partial charge in [-0.15, -0.1) is 0 Å². The molecule has 2 aliphatic heterocycles. The monoisotopic (exact) mass is 911 g/mol. The topological polar surface area (TPSA) is 200 Å². The van der Waals surface area contributed by atoms with Crippen LogP contribution in [0, 0.1) is 17.8 Å². The normalized spacial score (nSPS) is 26.4. The van der Waals surface area contributed by atoms with Gasteiger partial charge in [0.05, 0.1) is 12.5 Å². The summed E-state index contributed by atoms with van der Waals surface area (Å²) in [7, 11) is 7.24. The van der Waals surface area contributed by atoms with E-state index in [-0.39, 0.29) is 43.4 Å². The molecule has 0 unspecified atom stereocenters. The Morgan fingerprint density at radius 1 is 0.600 bits per heavy atom. The summed E-state index contributed by atoms with van der Waals surface area (Å²) in [6.45, 7) is 15.0. The van der Waals surface area contributed by atoms with Crippen molar-refractivity contribution in [1.29, 1.82) is 0 Å². The van der Waals surface area contributed by atoms with Crippen molar-refractivity contribution in [3.63, 3.8) is 0 Å². The molecular weight excluding hydrogens is 833 g/mol. The summed E-state index contributed by atoms with van der Waals surface area (Å²) in [6.07, 6.45) is 1.08. The van der Waals surface area contributed by atoms with Crippen molar-refractivity contribution in [1.82, 2.24) is 40.0 Å². The maximum Gasteiger partial charge on any atom is 0.248 e. The molecule has 0 radical (unpaired) electrons. The van der Waals surface area contributed by atoms with Crippen LogP contribution in [0.3, 0.4) is 0 Å². The number of carbonyl (C=O) groups excluding carboxylic acids is 8. The average molecular weight is 911 g/mol. The van der Waals surface area contributed by atoms with Gasteiger partial charge in [0.15, 0.2) is 0 Å². The highest BCUT2D eigenvalue weighted by Gasteiger charge is 2.43. The zero-order valence-electron chi connectivity index (χ0n) is 41.2. The zero-order valence-corrected chi connectivity index (χ0v) is 41.2. The van der Waals surface area contributed by atoms with Gasteiger partial charge in [-0.3, -0.25) is 38.4 Å². The fourth-order valence-electron chi connectivity index (χ4n) is 8.61. The quantitative estimate of drug-likeness (QED) is 0.315. The van der Waals surface area contributed by atoms with E-state index in [1.54, 1.807) is 17.0 Å². The van der Waals surface area contributed by atoms with E-state index in [0.717, 1.165) is 24.8 Å². The van der Waals surface area contributed by atoms with Gasteiger partial charge in [-0.25, -0.2) is 0 Å². The number of hydrogen-bond donors (Lipinski definition) is 3. The first-order valence-corrected chi connectivity index (χ1v) is 23.3. The van der Waals surface area contributed by atoms with Crippen LogP contribution in [0.4, 0.5) is 0 Å². The largest absolute Gasteiger partial charge is 0.391 e. The van der Waals surface area contributed by atoms with Crippen LogP contribution in [-0.4, -0.2) is 178 Å². The molecule has 3 N–H and O–H groups in total. The molecular formula is C48H78N8O9. The van der Waals surface area contributed by atoms with Crippen LogP contribution < -0.4 is 10.6 Å². The standard InChI is InChI=1S/C48H78N8O9/c1-29(2)24-36-42(59)49-35(45(62)56-22-18-15-19-23-56)28-40(58)51(9)32(7)44(61)54(12)39(27-34-20-16-14-17-21-34)47(64)53(11)37(25-30(3)4)43(60)50-41(33(8)57)48(65)55(13)38(26-31(5)6)46(63)52(36)10/h14,16-17,20-21,29-33,35-39,41,57H,15,18-19,22-28H2,1-13H3,(H,49,59)(H,50,60)/t32-,33+,35-,36-,37-,38-,39-,41-/m0/s1. The Balaban J connectivity index is 2.28. The van der Waals surface area contributed by atoms with E-state index in [1.807, 2.05) is 59.7 Å². The number of aliphatic hydroxyl groups excluding tert-OH is 1. The molecule has 364 valence electrons. The lowest BCUT2D eigenvalue weighted by Gasteiger charge is -2.39. The van der Waals surface area contributed by atoms with E-state index in [2.05, 4.69) is 10.6 Å². The third-order valence-corrected chi connectivity index (χ3v) is 12.8. The Morgan fingerprint density at radius 2 is 1.05 bits per heavy atom. The molecule has 0 aliphatic carbocycles. The van der Waals surface area contributed by atoms with Crippen molar-refractivity contribution >= 4 is 47.3 Å². The number of likely N-dealkylation sites (tertiary alicyclic amines) is 1. The second kappa shape index (κ2) is 24.5. The Bertz CT molecular complexity index is 1820. The van der Waals surface area contributed by atoms with E-state index < -0.39 is 102 Å². The van der Waals surface area contributed by atoms with Crippen molar-refractivity contribution in [3.05, 3.63) is 35.9 Å². The maximum absolute atomic E-state index is 14.8. The second-order valence-corrected chi connectivity index (χ2v) is 19.5. The Kier molecular flexibility index (Phi) is 20.4. The summed E-state index contributed by atoms with van der Waals surface area (Å²) in [6, 6.07) is 0.458. The molecule has 65 heavy (non-hydrogen) atoms. The van der Waals surface area contributed by atoms with Crippen LogP contribution in [0.25, 0.3) is 0 Å². The number of rotatable bonds is 10. The summed E-state index contributed by atoms with van der Waals surface area (Å²) in [5.41, 5.74) is 0.729. The highest BCUT2D eigenvalue weighted by Crippen LogP contribution is 2.23. The van der Waals surface area contributed by atoms with Crippen LogP contribution in [0.5, 0.6) is 0 Å². The first-order valence-electron chi connectivity index (χ1n) is 23.3. The molecule has 8 atom stereocenters. The zero-order chi connectivity index (χ0) is 49.0. The first kappa shape index (κ1) is 54.3. The van der Waals surface area contributed by atoms with Gasteiger partial charge < -0.3 is 45.1 Å². The predicted octanol–water partition coefficient (Wildman–Crippen LogP) is 2.29. The highest BCUT2D eigenvalue weighted by atomic mass is 16.3. The van der Waals surface area contributed by atoms with Crippen LogP contribution in [0.15, 0.2) is 30.3 Å². The molecule has 2 aliphatic rings. The first-order chi connectivity index (χ1) is 30.4. The molecule has 0 bridgehead atoms. The van der Waals surface area contributed by atoms with Crippen molar-refractivity contribution in [2.24, 2.45) is 17.8 Å². The molecule has 3 rings (SSSR count). The van der Waals surface area contributed by atoms with Crippen LogP contribution in [0.2, 0.25) is 0 Å². The second-order valence-electron chi connectivity index (χ2n) is 19.5. The molecule has 0 aromatic heterocycles. The van der Waals surface area contributed by atoms with Crippen molar-refractivity contribution in [2.45, 2.75) is 155 Å². The molecule has 2 heterocycles. The molecule has 17 heteroatoms. The highest BCUT2D eigenvalue weighted by molar-refractivity contribution is 5.99. The fourth-order valence-corrected chi connectivity index (χ4v) is 8.61. The number of piperidine rings is 1. The maximum atomic E-state index is 14.8. The van der Waals surface area contributed by atoms with E-state index in [0.29, 0.717) is 13.1 Å². The number of amides is 8. The van der Waals surface area contributed by atoms with Gasteiger partial charge in [-0.1, -0.05) is 71.9 Å². The Morgan fingerprint density at radius 3 is 1.54 bits per heavy atom. The van der Waals surface area contributed by atoms with Crippen molar-refractivity contribution in [2.75, 3.05) is 48.3 Å². The summed E-state index contributed by atoms with van der Waals surface area (Å²) in [4.78, 5) is 124. The third-order valence-electron chi connectivity index (χ3n) is 12.8. The van der Waals surface area contributed by atoms with Crippen LogP contribution in [-0.2, 0) is 44.8 Å².